The molecule has 0 aliphatic heterocycles. The molecule has 0 saturated heterocycles. The van der Waals surface area contributed by atoms with E-state index in [1.165, 1.54) is 12.1 Å². The summed E-state index contributed by atoms with van der Waals surface area (Å²) in [5, 5.41) is 23.6. The maximum Gasteiger partial charge on any atom is 0.339 e. The lowest BCUT2D eigenvalue weighted by Crippen LogP contribution is -2.06. The molecule has 9 nitrogen and oxygen atoms in total. The monoisotopic (exact) mass is 293 g/mol. The van der Waals surface area contributed by atoms with Gasteiger partial charge < -0.3 is 14.4 Å². The summed E-state index contributed by atoms with van der Waals surface area (Å²) in [5.41, 5.74) is -0.746. The molecule has 0 fully saturated rings. The van der Waals surface area contributed by atoms with E-state index in [4.69, 9.17) is 14.4 Å². The highest BCUT2D eigenvalue weighted by Gasteiger charge is 2.23. The van der Waals surface area contributed by atoms with Crippen LogP contribution in [0.5, 0.6) is 5.75 Å². The number of hydrogen-bond donors (Lipinski definition) is 1. The molecule has 0 unspecified atom stereocenters. The molecular formula is C12H11N3O6. The molecule has 1 aromatic carbocycles. The van der Waals surface area contributed by atoms with Gasteiger partial charge in [-0.15, -0.1) is 0 Å². The SMILES string of the molecule is CCc1noc(COc2c(C(=O)O)cccc2[N+](=O)[O-])n1. The van der Waals surface area contributed by atoms with Crippen molar-refractivity contribution in [3.8, 4) is 5.75 Å². The van der Waals surface area contributed by atoms with Gasteiger partial charge in [0.05, 0.1) is 4.92 Å². The highest BCUT2D eigenvalue weighted by molar-refractivity contribution is 5.92. The second kappa shape index (κ2) is 5.99. The first-order chi connectivity index (χ1) is 10.0. The maximum absolute atomic E-state index is 11.1. The van der Waals surface area contributed by atoms with Gasteiger partial charge in [0.25, 0.3) is 5.89 Å². The normalized spacial score (nSPS) is 10.3. The number of ether oxygens (including phenoxy) is 1. The van der Waals surface area contributed by atoms with Gasteiger partial charge in [-0.1, -0.05) is 18.1 Å². The van der Waals surface area contributed by atoms with Crippen molar-refractivity contribution < 1.29 is 24.1 Å². The van der Waals surface area contributed by atoms with Gasteiger partial charge in [0.1, 0.15) is 5.56 Å². The molecule has 9 heteroatoms. The fraction of sp³-hybridized carbons (Fsp3) is 0.250. The lowest BCUT2D eigenvalue weighted by atomic mass is 10.2. The van der Waals surface area contributed by atoms with E-state index < -0.39 is 16.6 Å². The molecule has 0 amide bonds. The predicted molar refractivity (Wildman–Crippen MR) is 68.1 cm³/mol. The Morgan fingerprint density at radius 3 is 2.86 bits per heavy atom. The molecule has 21 heavy (non-hydrogen) atoms. The third kappa shape index (κ3) is 3.14. The van der Waals surface area contributed by atoms with Gasteiger partial charge in [0, 0.05) is 12.5 Å². The average Bonchev–Trinajstić information content (AvgIpc) is 2.92. The number of nitrogens with zero attached hydrogens (tertiary/aromatic N) is 3. The van der Waals surface area contributed by atoms with Crippen molar-refractivity contribution in [3.63, 3.8) is 0 Å². The van der Waals surface area contributed by atoms with Crippen LogP contribution in [0.25, 0.3) is 0 Å². The van der Waals surface area contributed by atoms with Crippen molar-refractivity contribution in [2.75, 3.05) is 0 Å². The number of para-hydroxylation sites is 1. The number of aromatic nitrogens is 2. The first-order valence-corrected chi connectivity index (χ1v) is 5.98. The molecule has 0 spiro atoms. The van der Waals surface area contributed by atoms with Gasteiger partial charge >= 0.3 is 11.7 Å². The molecule has 2 aromatic rings. The first-order valence-electron chi connectivity index (χ1n) is 5.98. The van der Waals surface area contributed by atoms with Crippen LogP contribution in [0, 0.1) is 10.1 Å². The number of rotatable bonds is 6. The van der Waals surface area contributed by atoms with Crippen molar-refractivity contribution in [2.45, 2.75) is 20.0 Å². The molecule has 1 aromatic heterocycles. The van der Waals surface area contributed by atoms with Crippen LogP contribution >= 0.6 is 0 Å². The minimum absolute atomic E-state index is 0.112. The van der Waals surface area contributed by atoms with Crippen LogP contribution in [0.4, 0.5) is 5.69 Å². The lowest BCUT2D eigenvalue weighted by Gasteiger charge is -2.07. The quantitative estimate of drug-likeness (QED) is 0.630. The standard InChI is InChI=1S/C12H11N3O6/c1-2-9-13-10(21-14-9)6-20-11-7(12(16)17)4-3-5-8(11)15(18)19/h3-5H,2,6H2,1H3,(H,16,17). The first kappa shape index (κ1) is 14.4. The second-order valence-electron chi connectivity index (χ2n) is 3.96. The number of aromatic carboxylic acids is 1. The predicted octanol–water partition coefficient (Wildman–Crippen LogP) is 1.82. The molecule has 0 radical (unpaired) electrons. The molecule has 0 aliphatic rings. The summed E-state index contributed by atoms with van der Waals surface area (Å²) in [6.07, 6.45) is 0.565. The topological polar surface area (TPSA) is 129 Å². The smallest absolute Gasteiger partial charge is 0.339 e. The summed E-state index contributed by atoms with van der Waals surface area (Å²) in [7, 11) is 0. The Morgan fingerprint density at radius 1 is 1.52 bits per heavy atom. The number of benzene rings is 1. The molecule has 0 atom stereocenters. The molecule has 0 saturated carbocycles. The summed E-state index contributed by atoms with van der Waals surface area (Å²) >= 11 is 0. The zero-order valence-electron chi connectivity index (χ0n) is 11.0. The van der Waals surface area contributed by atoms with Gasteiger partial charge in [0.2, 0.25) is 5.75 Å². The lowest BCUT2D eigenvalue weighted by molar-refractivity contribution is -0.386. The zero-order valence-corrected chi connectivity index (χ0v) is 11.0. The Bertz CT molecular complexity index is 649. The summed E-state index contributed by atoms with van der Waals surface area (Å²) in [4.78, 5) is 25.3. The van der Waals surface area contributed by atoms with E-state index in [9.17, 15) is 14.9 Å². The van der Waals surface area contributed by atoms with E-state index in [-0.39, 0.29) is 23.8 Å². The van der Waals surface area contributed by atoms with E-state index >= 15 is 0 Å². The van der Waals surface area contributed by atoms with Gasteiger partial charge in [-0.05, 0) is 6.07 Å². The van der Waals surface area contributed by atoms with Gasteiger partial charge in [-0.25, -0.2) is 4.79 Å². The number of nitro benzene ring substituents is 1. The van der Waals surface area contributed by atoms with Crippen molar-refractivity contribution >= 4 is 11.7 Å². The molecule has 110 valence electrons. The summed E-state index contributed by atoms with van der Waals surface area (Å²) < 4.78 is 10.1. The van der Waals surface area contributed by atoms with E-state index in [0.717, 1.165) is 6.07 Å². The second-order valence-corrected chi connectivity index (χ2v) is 3.96. The van der Waals surface area contributed by atoms with E-state index in [1.807, 2.05) is 6.92 Å². The summed E-state index contributed by atoms with van der Waals surface area (Å²) in [5.74, 6) is -1.09. The van der Waals surface area contributed by atoms with Crippen LogP contribution < -0.4 is 4.74 Å². The van der Waals surface area contributed by atoms with Crippen molar-refractivity contribution in [1.29, 1.82) is 0 Å². The fourth-order valence-electron chi connectivity index (χ4n) is 1.61. The van der Waals surface area contributed by atoms with Crippen LogP contribution in [0.1, 0.15) is 29.0 Å². The molecule has 2 rings (SSSR count). The third-order valence-electron chi connectivity index (χ3n) is 2.59. The molecule has 0 bridgehead atoms. The van der Waals surface area contributed by atoms with Crippen molar-refractivity contribution in [2.24, 2.45) is 0 Å². The van der Waals surface area contributed by atoms with E-state index in [1.54, 1.807) is 0 Å². The van der Waals surface area contributed by atoms with Crippen LogP contribution in [0.3, 0.4) is 0 Å². The largest absolute Gasteiger partial charge is 0.478 e. The van der Waals surface area contributed by atoms with Crippen LogP contribution in [0.2, 0.25) is 0 Å². The van der Waals surface area contributed by atoms with Crippen molar-refractivity contribution in [1.82, 2.24) is 10.1 Å². The molecule has 1 heterocycles. The van der Waals surface area contributed by atoms with E-state index in [0.29, 0.717) is 12.2 Å². The van der Waals surface area contributed by atoms with Gasteiger partial charge in [-0.3, -0.25) is 10.1 Å². The van der Waals surface area contributed by atoms with Crippen molar-refractivity contribution in [3.05, 3.63) is 45.6 Å². The summed E-state index contributed by atoms with van der Waals surface area (Å²) in [6.45, 7) is 1.58. The Labute approximate surface area is 118 Å². The highest BCUT2D eigenvalue weighted by atomic mass is 16.6. The Balaban J connectivity index is 2.28. The Morgan fingerprint density at radius 2 is 2.29 bits per heavy atom. The molecule has 0 aliphatic carbocycles. The van der Waals surface area contributed by atoms with Crippen LogP contribution in [0.15, 0.2) is 22.7 Å². The molecule has 1 N–H and O–H groups in total. The fourth-order valence-corrected chi connectivity index (χ4v) is 1.61. The average molecular weight is 293 g/mol. The Kier molecular flexibility index (Phi) is 4.12. The number of carboxylic acid groups (broad SMARTS) is 1. The summed E-state index contributed by atoms with van der Waals surface area (Å²) in [6, 6.07) is 3.65. The number of carboxylic acids is 1. The Hall–Kier alpha value is -2.97. The third-order valence-corrected chi connectivity index (χ3v) is 2.59. The number of carbonyl (C=O) groups is 1. The van der Waals surface area contributed by atoms with Crippen LogP contribution in [-0.4, -0.2) is 26.1 Å². The van der Waals surface area contributed by atoms with E-state index in [2.05, 4.69) is 10.1 Å². The highest BCUT2D eigenvalue weighted by Crippen LogP contribution is 2.31. The number of aryl methyl sites for hydroxylation is 1. The minimum atomic E-state index is -1.33. The minimum Gasteiger partial charge on any atom is -0.478 e. The molecular weight excluding hydrogens is 282 g/mol. The van der Waals surface area contributed by atoms with Gasteiger partial charge in [0.15, 0.2) is 12.4 Å². The number of nitro groups is 1. The number of hydrogen-bond acceptors (Lipinski definition) is 7. The van der Waals surface area contributed by atoms with Gasteiger partial charge in [-0.2, -0.15) is 4.98 Å². The van der Waals surface area contributed by atoms with Crippen LogP contribution in [-0.2, 0) is 13.0 Å². The zero-order chi connectivity index (χ0) is 15.4. The maximum atomic E-state index is 11.1.